The molecule has 5 heteroatoms. The third-order valence-corrected chi connectivity index (χ3v) is 2.47. The molecule has 1 aromatic rings. The molecule has 1 amide bonds. The van der Waals surface area contributed by atoms with Gasteiger partial charge < -0.3 is 14.2 Å². The average molecular weight is 263 g/mol. The summed E-state index contributed by atoms with van der Waals surface area (Å²) in [5.74, 6) is 0.811. The zero-order chi connectivity index (χ0) is 13.5. The topological polar surface area (TPSA) is 60.1 Å². The molecule has 0 saturated carbocycles. The van der Waals surface area contributed by atoms with Gasteiger partial charge in [0.2, 0.25) is 0 Å². The molecule has 1 fully saturated rings. The van der Waals surface area contributed by atoms with Crippen LogP contribution >= 0.6 is 0 Å². The highest BCUT2D eigenvalue weighted by Gasteiger charge is 2.22. The van der Waals surface area contributed by atoms with Crippen LogP contribution in [-0.2, 0) is 9.47 Å². The Morgan fingerprint density at radius 1 is 1.47 bits per heavy atom. The van der Waals surface area contributed by atoms with Crippen LogP contribution in [0.1, 0.15) is 12.5 Å². The Kier molecular flexibility index (Phi) is 4.80. The van der Waals surface area contributed by atoms with Gasteiger partial charge in [0, 0.05) is 6.20 Å². The summed E-state index contributed by atoms with van der Waals surface area (Å²) in [5.41, 5.74) is 0.965. The predicted molar refractivity (Wildman–Crippen MR) is 70.9 cm³/mol. The third kappa shape index (κ3) is 5.01. The van der Waals surface area contributed by atoms with E-state index in [2.05, 4.69) is 5.32 Å². The third-order valence-electron chi connectivity index (χ3n) is 2.47. The number of amides is 1. The summed E-state index contributed by atoms with van der Waals surface area (Å²) in [7, 11) is 0. The molecule has 19 heavy (non-hydrogen) atoms. The molecule has 0 aliphatic carbocycles. The van der Waals surface area contributed by atoms with E-state index in [1.54, 1.807) is 19.2 Å². The van der Waals surface area contributed by atoms with Gasteiger partial charge in [-0.1, -0.05) is 12.1 Å². The average Bonchev–Trinajstić information content (AvgIpc) is 3.22. The van der Waals surface area contributed by atoms with E-state index in [1.165, 1.54) is 0 Å². The van der Waals surface area contributed by atoms with Crippen LogP contribution in [0.15, 0.2) is 30.5 Å². The smallest absolute Gasteiger partial charge is 0.411 e. The lowest BCUT2D eigenvalue weighted by molar-refractivity contribution is 0.156. The molecule has 1 aromatic carbocycles. The van der Waals surface area contributed by atoms with Crippen LogP contribution in [-0.4, -0.2) is 32.0 Å². The first-order valence-electron chi connectivity index (χ1n) is 6.22. The summed E-state index contributed by atoms with van der Waals surface area (Å²) in [4.78, 5) is 11.0. The molecule has 102 valence electrons. The maximum atomic E-state index is 11.0. The highest BCUT2D eigenvalue weighted by Crippen LogP contribution is 2.16. The van der Waals surface area contributed by atoms with E-state index >= 15 is 0 Å². The number of carbonyl (C=O) groups excluding carboxylic acids is 1. The Labute approximate surface area is 112 Å². The Morgan fingerprint density at radius 2 is 2.21 bits per heavy atom. The molecule has 2 rings (SSSR count). The summed E-state index contributed by atoms with van der Waals surface area (Å²) < 4.78 is 15.3. The van der Waals surface area contributed by atoms with Crippen molar-refractivity contribution < 1.29 is 19.0 Å². The van der Waals surface area contributed by atoms with Gasteiger partial charge in [0.15, 0.2) is 0 Å². The molecule has 5 nitrogen and oxygen atoms in total. The van der Waals surface area contributed by atoms with Gasteiger partial charge in [-0.3, -0.25) is 5.32 Å². The SMILES string of the molecule is CCOC(=O)N/C=C/c1ccc(OCC2CO2)cc1. The van der Waals surface area contributed by atoms with E-state index in [9.17, 15) is 4.79 Å². The molecule has 1 atom stereocenters. The fourth-order valence-electron chi connectivity index (χ4n) is 1.41. The predicted octanol–water partition coefficient (Wildman–Crippen LogP) is 2.18. The van der Waals surface area contributed by atoms with Crippen molar-refractivity contribution in [1.82, 2.24) is 5.32 Å². The Bertz CT molecular complexity index is 437. The number of ether oxygens (including phenoxy) is 3. The Morgan fingerprint density at radius 3 is 2.84 bits per heavy atom. The van der Waals surface area contributed by atoms with E-state index < -0.39 is 6.09 Å². The second-order valence-electron chi connectivity index (χ2n) is 4.03. The fourth-order valence-corrected chi connectivity index (χ4v) is 1.41. The van der Waals surface area contributed by atoms with E-state index in [-0.39, 0.29) is 6.10 Å². The van der Waals surface area contributed by atoms with E-state index in [0.717, 1.165) is 17.9 Å². The van der Waals surface area contributed by atoms with Gasteiger partial charge in [-0.05, 0) is 30.7 Å². The van der Waals surface area contributed by atoms with E-state index in [4.69, 9.17) is 14.2 Å². The minimum atomic E-state index is -0.455. The summed E-state index contributed by atoms with van der Waals surface area (Å²) in [6.45, 7) is 3.51. The van der Waals surface area contributed by atoms with Crippen molar-refractivity contribution in [3.05, 3.63) is 36.0 Å². The van der Waals surface area contributed by atoms with Gasteiger partial charge in [0.05, 0.1) is 13.2 Å². The van der Waals surface area contributed by atoms with Crippen molar-refractivity contribution in [1.29, 1.82) is 0 Å². The number of alkyl carbamates (subject to hydrolysis) is 1. The summed E-state index contributed by atoms with van der Waals surface area (Å²) in [5, 5.41) is 2.51. The molecule has 0 bridgehead atoms. The molecule has 0 aromatic heterocycles. The first-order chi connectivity index (χ1) is 9.28. The van der Waals surface area contributed by atoms with Crippen molar-refractivity contribution >= 4 is 12.2 Å². The quantitative estimate of drug-likeness (QED) is 0.799. The van der Waals surface area contributed by atoms with E-state index in [1.807, 2.05) is 24.3 Å². The number of hydrogen-bond acceptors (Lipinski definition) is 4. The Hall–Kier alpha value is -2.01. The maximum Gasteiger partial charge on any atom is 0.411 e. The second kappa shape index (κ2) is 6.80. The van der Waals surface area contributed by atoms with Crippen LogP contribution in [0.25, 0.3) is 6.08 Å². The summed E-state index contributed by atoms with van der Waals surface area (Å²) in [6.07, 6.45) is 3.13. The maximum absolute atomic E-state index is 11.0. The Balaban J connectivity index is 1.76. The second-order valence-corrected chi connectivity index (χ2v) is 4.03. The molecule has 1 aliphatic heterocycles. The summed E-state index contributed by atoms with van der Waals surface area (Å²) >= 11 is 0. The first-order valence-corrected chi connectivity index (χ1v) is 6.22. The van der Waals surface area contributed by atoms with Crippen LogP contribution < -0.4 is 10.1 Å². The molecular formula is C14H17NO4. The van der Waals surface area contributed by atoms with Crippen molar-refractivity contribution in [2.45, 2.75) is 13.0 Å². The van der Waals surface area contributed by atoms with Crippen molar-refractivity contribution in [3.63, 3.8) is 0 Å². The van der Waals surface area contributed by atoms with Gasteiger partial charge in [-0.15, -0.1) is 0 Å². The minimum Gasteiger partial charge on any atom is -0.491 e. The molecule has 0 radical (unpaired) electrons. The summed E-state index contributed by atoms with van der Waals surface area (Å²) in [6, 6.07) is 7.58. The number of hydrogen-bond donors (Lipinski definition) is 1. The molecule has 1 aliphatic rings. The first kappa shape index (κ1) is 13.4. The van der Waals surface area contributed by atoms with Gasteiger partial charge >= 0.3 is 6.09 Å². The van der Waals surface area contributed by atoms with Crippen molar-refractivity contribution in [2.75, 3.05) is 19.8 Å². The van der Waals surface area contributed by atoms with Crippen LogP contribution in [0.4, 0.5) is 4.79 Å². The largest absolute Gasteiger partial charge is 0.491 e. The van der Waals surface area contributed by atoms with Crippen LogP contribution in [0.2, 0.25) is 0 Å². The van der Waals surface area contributed by atoms with Crippen LogP contribution in [0.5, 0.6) is 5.75 Å². The lowest BCUT2D eigenvalue weighted by Gasteiger charge is -2.04. The lowest BCUT2D eigenvalue weighted by atomic mass is 10.2. The standard InChI is InChI=1S/C14H17NO4/c1-2-17-14(16)15-8-7-11-3-5-12(6-4-11)18-9-13-10-19-13/h3-8,13H,2,9-10H2,1H3,(H,15,16)/b8-7+. The fraction of sp³-hybridized carbons (Fsp3) is 0.357. The highest BCUT2D eigenvalue weighted by molar-refractivity contribution is 5.69. The lowest BCUT2D eigenvalue weighted by Crippen LogP contribution is -2.17. The molecular weight excluding hydrogens is 246 g/mol. The highest BCUT2D eigenvalue weighted by atomic mass is 16.6. The normalized spacial score (nSPS) is 17.2. The van der Waals surface area contributed by atoms with Gasteiger partial charge in [0.1, 0.15) is 18.5 Å². The minimum absolute atomic E-state index is 0.258. The van der Waals surface area contributed by atoms with E-state index in [0.29, 0.717) is 13.2 Å². The van der Waals surface area contributed by atoms with Crippen LogP contribution in [0, 0.1) is 0 Å². The molecule has 1 saturated heterocycles. The number of epoxide rings is 1. The number of benzene rings is 1. The van der Waals surface area contributed by atoms with Crippen LogP contribution in [0.3, 0.4) is 0 Å². The monoisotopic (exact) mass is 263 g/mol. The van der Waals surface area contributed by atoms with Crippen molar-refractivity contribution in [3.8, 4) is 5.75 Å². The number of carbonyl (C=O) groups is 1. The van der Waals surface area contributed by atoms with Gasteiger partial charge in [-0.2, -0.15) is 0 Å². The van der Waals surface area contributed by atoms with Gasteiger partial charge in [-0.25, -0.2) is 4.79 Å². The molecule has 1 N–H and O–H groups in total. The van der Waals surface area contributed by atoms with Gasteiger partial charge in [0.25, 0.3) is 0 Å². The molecule has 0 spiro atoms. The number of rotatable bonds is 6. The zero-order valence-corrected chi connectivity index (χ0v) is 10.8. The molecule has 1 heterocycles. The zero-order valence-electron chi connectivity index (χ0n) is 10.8. The number of nitrogens with one attached hydrogen (secondary N) is 1. The molecule has 1 unspecified atom stereocenters. The van der Waals surface area contributed by atoms with Crippen molar-refractivity contribution in [2.24, 2.45) is 0 Å².